The number of amides is 1. The van der Waals surface area contributed by atoms with Crippen LogP contribution in [0.4, 0.5) is 0 Å². The van der Waals surface area contributed by atoms with Crippen molar-refractivity contribution in [1.82, 2.24) is 10.2 Å². The normalized spacial score (nSPS) is 26.1. The Bertz CT molecular complexity index is 546. The van der Waals surface area contributed by atoms with Gasteiger partial charge in [0.15, 0.2) is 0 Å². The fraction of sp³-hybridized carbons (Fsp3) is 0.632. The van der Waals surface area contributed by atoms with Crippen LogP contribution in [0.25, 0.3) is 0 Å². The lowest BCUT2D eigenvalue weighted by atomic mass is 10.1. The van der Waals surface area contributed by atoms with Gasteiger partial charge in [-0.2, -0.15) is 0 Å². The summed E-state index contributed by atoms with van der Waals surface area (Å²) in [7, 11) is 0. The van der Waals surface area contributed by atoms with Crippen LogP contribution in [-0.4, -0.2) is 48.7 Å². The minimum atomic E-state index is -0.0162. The van der Waals surface area contributed by atoms with Crippen molar-refractivity contribution in [2.45, 2.75) is 51.5 Å². The van der Waals surface area contributed by atoms with Crippen molar-refractivity contribution in [2.24, 2.45) is 11.7 Å². The number of ether oxygens (including phenoxy) is 1. The van der Waals surface area contributed by atoms with Crippen molar-refractivity contribution < 1.29 is 9.53 Å². The second-order valence-corrected chi connectivity index (χ2v) is 7.30. The third kappa shape index (κ3) is 4.56. The zero-order valence-corrected chi connectivity index (χ0v) is 14.7. The van der Waals surface area contributed by atoms with E-state index in [2.05, 4.69) is 24.1 Å². The molecule has 1 aromatic carbocycles. The van der Waals surface area contributed by atoms with Crippen LogP contribution in [0.2, 0.25) is 0 Å². The summed E-state index contributed by atoms with van der Waals surface area (Å²) in [5.41, 5.74) is 7.70. The molecular weight excluding hydrogens is 302 g/mol. The molecule has 2 aliphatic rings. The first-order chi connectivity index (χ1) is 11.5. The number of rotatable bonds is 6. The fourth-order valence-electron chi connectivity index (χ4n) is 3.55. The molecule has 0 spiro atoms. The first-order valence-corrected chi connectivity index (χ1v) is 9.03. The number of benzene rings is 1. The Hall–Kier alpha value is -1.43. The van der Waals surface area contributed by atoms with E-state index < -0.39 is 0 Å². The second-order valence-electron chi connectivity index (χ2n) is 7.30. The van der Waals surface area contributed by atoms with Crippen molar-refractivity contribution in [3.8, 4) is 0 Å². The van der Waals surface area contributed by atoms with Crippen molar-refractivity contribution in [3.05, 3.63) is 35.4 Å². The predicted octanol–water partition coefficient (Wildman–Crippen LogP) is 1.76. The molecular formula is C19H29N3O2. The molecule has 0 bridgehead atoms. The number of nitrogens with zero attached hydrogens (tertiary/aromatic N) is 1. The van der Waals surface area contributed by atoms with E-state index in [4.69, 9.17) is 10.5 Å². The van der Waals surface area contributed by atoms with E-state index in [0.29, 0.717) is 18.0 Å². The number of nitrogens with one attached hydrogen (secondary N) is 1. The zero-order valence-electron chi connectivity index (χ0n) is 14.7. The highest BCUT2D eigenvalue weighted by Crippen LogP contribution is 2.32. The Morgan fingerprint density at radius 1 is 1.25 bits per heavy atom. The molecule has 5 nitrogen and oxygen atoms in total. The van der Waals surface area contributed by atoms with Gasteiger partial charge in [-0.25, -0.2) is 0 Å². The van der Waals surface area contributed by atoms with Crippen LogP contribution >= 0.6 is 0 Å². The SMILES string of the molecule is CC1CN(Cc2ccc(C(=O)NC(CN)C3CC3)cc2)CC(C)O1. The average Bonchev–Trinajstić information content (AvgIpc) is 3.37. The first kappa shape index (κ1) is 17.4. The third-order valence-electron chi connectivity index (χ3n) is 4.88. The van der Waals surface area contributed by atoms with Gasteiger partial charge in [0.25, 0.3) is 5.91 Å². The summed E-state index contributed by atoms with van der Waals surface area (Å²) in [5.74, 6) is 0.557. The molecule has 132 valence electrons. The highest BCUT2D eigenvalue weighted by Gasteiger charge is 2.31. The average molecular weight is 331 g/mol. The molecule has 5 heteroatoms. The molecule has 1 aliphatic carbocycles. The van der Waals surface area contributed by atoms with Crippen LogP contribution in [0.1, 0.15) is 42.6 Å². The third-order valence-corrected chi connectivity index (χ3v) is 4.88. The highest BCUT2D eigenvalue weighted by molar-refractivity contribution is 5.94. The van der Waals surface area contributed by atoms with Crippen molar-refractivity contribution in [2.75, 3.05) is 19.6 Å². The van der Waals surface area contributed by atoms with Gasteiger partial charge in [0, 0.05) is 37.8 Å². The van der Waals surface area contributed by atoms with Crippen LogP contribution in [-0.2, 0) is 11.3 Å². The zero-order chi connectivity index (χ0) is 17.1. The van der Waals surface area contributed by atoms with Crippen LogP contribution in [0.15, 0.2) is 24.3 Å². The van der Waals surface area contributed by atoms with E-state index in [1.165, 1.54) is 18.4 Å². The molecule has 3 rings (SSSR count). The predicted molar refractivity (Wildman–Crippen MR) is 94.8 cm³/mol. The van der Waals surface area contributed by atoms with Gasteiger partial charge in [-0.1, -0.05) is 12.1 Å². The molecule has 2 fully saturated rings. The molecule has 1 amide bonds. The summed E-state index contributed by atoms with van der Waals surface area (Å²) in [4.78, 5) is 14.7. The smallest absolute Gasteiger partial charge is 0.251 e. The summed E-state index contributed by atoms with van der Waals surface area (Å²) in [5, 5.41) is 3.07. The molecule has 1 saturated carbocycles. The lowest BCUT2D eigenvalue weighted by molar-refractivity contribution is -0.0704. The Kier molecular flexibility index (Phi) is 5.54. The number of carbonyl (C=O) groups excluding carboxylic acids is 1. The second kappa shape index (κ2) is 7.64. The molecule has 3 atom stereocenters. The molecule has 3 unspecified atom stereocenters. The van der Waals surface area contributed by atoms with Crippen LogP contribution in [0.3, 0.4) is 0 Å². The lowest BCUT2D eigenvalue weighted by Crippen LogP contribution is -2.44. The summed E-state index contributed by atoms with van der Waals surface area (Å²) in [6, 6.07) is 8.05. The monoisotopic (exact) mass is 331 g/mol. The minimum Gasteiger partial charge on any atom is -0.373 e. The van der Waals surface area contributed by atoms with Crippen molar-refractivity contribution >= 4 is 5.91 Å². The summed E-state index contributed by atoms with van der Waals surface area (Å²) < 4.78 is 5.77. The van der Waals surface area contributed by atoms with Gasteiger partial charge in [-0.15, -0.1) is 0 Å². The Morgan fingerprint density at radius 3 is 2.42 bits per heavy atom. The molecule has 1 heterocycles. The van der Waals surface area contributed by atoms with E-state index in [9.17, 15) is 4.79 Å². The Balaban J connectivity index is 1.55. The van der Waals surface area contributed by atoms with Gasteiger partial charge >= 0.3 is 0 Å². The van der Waals surface area contributed by atoms with E-state index >= 15 is 0 Å². The van der Waals surface area contributed by atoms with E-state index in [1.807, 2.05) is 24.3 Å². The van der Waals surface area contributed by atoms with Crippen LogP contribution in [0, 0.1) is 5.92 Å². The maximum atomic E-state index is 12.3. The van der Waals surface area contributed by atoms with Gasteiger partial charge in [0.05, 0.1) is 12.2 Å². The maximum absolute atomic E-state index is 12.3. The van der Waals surface area contributed by atoms with E-state index in [0.717, 1.165) is 19.6 Å². The van der Waals surface area contributed by atoms with Gasteiger partial charge in [-0.3, -0.25) is 9.69 Å². The summed E-state index contributed by atoms with van der Waals surface area (Å²) >= 11 is 0. The minimum absolute atomic E-state index is 0.0162. The number of carbonyl (C=O) groups is 1. The molecule has 1 saturated heterocycles. The van der Waals surface area contributed by atoms with E-state index in [-0.39, 0.29) is 24.2 Å². The highest BCUT2D eigenvalue weighted by atomic mass is 16.5. The summed E-state index contributed by atoms with van der Waals surface area (Å²) in [6.45, 7) is 7.54. The lowest BCUT2D eigenvalue weighted by Gasteiger charge is -2.35. The molecule has 1 aliphatic heterocycles. The molecule has 0 radical (unpaired) electrons. The van der Waals surface area contributed by atoms with Gasteiger partial charge in [0.2, 0.25) is 0 Å². The van der Waals surface area contributed by atoms with Gasteiger partial charge in [0.1, 0.15) is 0 Å². The van der Waals surface area contributed by atoms with Crippen LogP contribution in [0.5, 0.6) is 0 Å². The number of hydrogen-bond donors (Lipinski definition) is 2. The fourth-order valence-corrected chi connectivity index (χ4v) is 3.55. The quantitative estimate of drug-likeness (QED) is 0.833. The molecule has 1 aromatic rings. The molecule has 24 heavy (non-hydrogen) atoms. The number of morpholine rings is 1. The Morgan fingerprint density at radius 2 is 1.88 bits per heavy atom. The topological polar surface area (TPSA) is 67.6 Å². The maximum Gasteiger partial charge on any atom is 0.251 e. The van der Waals surface area contributed by atoms with Gasteiger partial charge in [-0.05, 0) is 50.3 Å². The first-order valence-electron chi connectivity index (χ1n) is 9.03. The van der Waals surface area contributed by atoms with Gasteiger partial charge < -0.3 is 15.8 Å². The molecule has 0 aromatic heterocycles. The molecule has 3 N–H and O–H groups in total. The van der Waals surface area contributed by atoms with Crippen LogP contribution < -0.4 is 11.1 Å². The Labute approximate surface area is 144 Å². The van der Waals surface area contributed by atoms with E-state index in [1.54, 1.807) is 0 Å². The van der Waals surface area contributed by atoms with Crippen molar-refractivity contribution in [1.29, 1.82) is 0 Å². The number of nitrogens with two attached hydrogens (primary N) is 1. The standard InChI is InChI=1S/C19H29N3O2/c1-13-10-22(11-14(2)24-13)12-15-3-5-17(6-4-15)19(23)21-18(9-20)16-7-8-16/h3-6,13-14,16,18H,7-12,20H2,1-2H3,(H,21,23). The summed E-state index contributed by atoms with van der Waals surface area (Å²) in [6.07, 6.45) is 2.90. The van der Waals surface area contributed by atoms with Crippen molar-refractivity contribution in [3.63, 3.8) is 0 Å². The largest absolute Gasteiger partial charge is 0.373 e. The number of hydrogen-bond acceptors (Lipinski definition) is 4.